The van der Waals surface area contributed by atoms with Crippen molar-refractivity contribution < 1.29 is 9.53 Å². The number of hydrogen-bond acceptors (Lipinski definition) is 5. The molecule has 1 unspecified atom stereocenters. The Hall–Kier alpha value is -1.82. The molecule has 6 heteroatoms. The number of pyridine rings is 1. The Labute approximate surface area is 112 Å². The molecule has 19 heavy (non-hydrogen) atoms. The molecule has 0 saturated carbocycles. The van der Waals surface area contributed by atoms with Crippen LogP contribution in [0.4, 0.5) is 5.69 Å². The zero-order chi connectivity index (χ0) is 13.2. The normalized spacial score (nSPS) is 21.7. The van der Waals surface area contributed by atoms with Crippen LogP contribution < -0.4 is 20.3 Å². The van der Waals surface area contributed by atoms with E-state index in [0.29, 0.717) is 24.2 Å². The van der Waals surface area contributed by atoms with E-state index in [1.807, 2.05) is 6.07 Å². The van der Waals surface area contributed by atoms with Gasteiger partial charge < -0.3 is 20.3 Å². The van der Waals surface area contributed by atoms with E-state index in [0.717, 1.165) is 31.7 Å². The maximum absolute atomic E-state index is 11.6. The third-order valence-electron chi connectivity index (χ3n) is 3.65. The molecule has 1 aromatic rings. The highest BCUT2D eigenvalue weighted by Crippen LogP contribution is 2.32. The SMILES string of the molecule is CNC(=O)c1ccc2c(n1)OCCC1CNCCN21. The third-order valence-corrected chi connectivity index (χ3v) is 3.65. The molecule has 2 aliphatic rings. The van der Waals surface area contributed by atoms with E-state index in [1.54, 1.807) is 13.1 Å². The molecule has 0 spiro atoms. The van der Waals surface area contributed by atoms with Crippen LogP contribution in [0.1, 0.15) is 16.9 Å². The van der Waals surface area contributed by atoms with E-state index >= 15 is 0 Å². The number of nitrogens with one attached hydrogen (secondary N) is 2. The summed E-state index contributed by atoms with van der Waals surface area (Å²) in [5, 5.41) is 5.98. The minimum atomic E-state index is -0.187. The van der Waals surface area contributed by atoms with Crippen LogP contribution in [0.25, 0.3) is 0 Å². The van der Waals surface area contributed by atoms with Crippen molar-refractivity contribution in [2.45, 2.75) is 12.5 Å². The fourth-order valence-corrected chi connectivity index (χ4v) is 2.64. The highest BCUT2D eigenvalue weighted by atomic mass is 16.5. The first-order valence-electron chi connectivity index (χ1n) is 6.63. The summed E-state index contributed by atoms with van der Waals surface area (Å²) < 4.78 is 5.72. The molecule has 1 amide bonds. The lowest BCUT2D eigenvalue weighted by molar-refractivity contribution is 0.0957. The topological polar surface area (TPSA) is 66.5 Å². The molecule has 0 radical (unpaired) electrons. The molecule has 1 aromatic heterocycles. The number of carbonyl (C=O) groups excluding carboxylic acids is 1. The van der Waals surface area contributed by atoms with Gasteiger partial charge in [0.1, 0.15) is 11.4 Å². The molecule has 3 rings (SSSR count). The Bertz CT molecular complexity index is 492. The molecule has 1 saturated heterocycles. The Kier molecular flexibility index (Phi) is 3.25. The number of anilines is 1. The predicted octanol–water partition coefficient (Wildman–Crippen LogP) is 0.00190. The summed E-state index contributed by atoms with van der Waals surface area (Å²) in [6.45, 7) is 3.52. The maximum atomic E-state index is 11.6. The second kappa shape index (κ2) is 5.05. The lowest BCUT2D eigenvalue weighted by atomic mass is 10.1. The number of nitrogens with zero attached hydrogens (tertiary/aromatic N) is 2. The van der Waals surface area contributed by atoms with Gasteiger partial charge in [-0.3, -0.25) is 4.79 Å². The van der Waals surface area contributed by atoms with Crippen molar-refractivity contribution in [3.8, 4) is 5.88 Å². The van der Waals surface area contributed by atoms with Crippen molar-refractivity contribution in [2.75, 3.05) is 38.2 Å². The summed E-state index contributed by atoms with van der Waals surface area (Å²) in [4.78, 5) is 18.3. The van der Waals surface area contributed by atoms with Gasteiger partial charge in [0.05, 0.1) is 6.61 Å². The van der Waals surface area contributed by atoms with Crippen LogP contribution in [-0.2, 0) is 0 Å². The molecule has 2 N–H and O–H groups in total. The molecule has 1 fully saturated rings. The van der Waals surface area contributed by atoms with Gasteiger partial charge in [0.25, 0.3) is 5.91 Å². The van der Waals surface area contributed by atoms with Crippen molar-refractivity contribution >= 4 is 11.6 Å². The smallest absolute Gasteiger partial charge is 0.269 e. The minimum absolute atomic E-state index is 0.187. The summed E-state index contributed by atoms with van der Waals surface area (Å²) in [6.07, 6.45) is 0.971. The van der Waals surface area contributed by atoms with Gasteiger partial charge in [0, 0.05) is 39.1 Å². The summed E-state index contributed by atoms with van der Waals surface area (Å²) in [5.41, 5.74) is 1.39. The standard InChI is InChI=1S/C13H18N4O2/c1-14-12(18)10-2-3-11-13(16-10)19-7-4-9-8-15-5-6-17(9)11/h2-3,9,15H,4-8H2,1H3,(H,14,18). The number of fused-ring (bicyclic) bond motifs is 3. The van der Waals surface area contributed by atoms with Gasteiger partial charge in [-0.05, 0) is 12.1 Å². The van der Waals surface area contributed by atoms with E-state index in [1.165, 1.54) is 0 Å². The van der Waals surface area contributed by atoms with E-state index < -0.39 is 0 Å². The van der Waals surface area contributed by atoms with E-state index in [9.17, 15) is 4.79 Å². The summed E-state index contributed by atoms with van der Waals surface area (Å²) in [7, 11) is 1.60. The van der Waals surface area contributed by atoms with Crippen LogP contribution in [0.2, 0.25) is 0 Å². The first kappa shape index (κ1) is 12.2. The largest absolute Gasteiger partial charge is 0.476 e. The number of hydrogen-bond donors (Lipinski definition) is 2. The summed E-state index contributed by atoms with van der Waals surface area (Å²) in [5.74, 6) is 0.387. The van der Waals surface area contributed by atoms with Crippen molar-refractivity contribution in [1.82, 2.24) is 15.6 Å². The Morgan fingerprint density at radius 1 is 1.58 bits per heavy atom. The van der Waals surface area contributed by atoms with Gasteiger partial charge in [0.2, 0.25) is 5.88 Å². The number of rotatable bonds is 1. The Morgan fingerprint density at radius 3 is 3.32 bits per heavy atom. The zero-order valence-corrected chi connectivity index (χ0v) is 11.0. The van der Waals surface area contributed by atoms with Crippen molar-refractivity contribution in [3.63, 3.8) is 0 Å². The molecule has 102 valence electrons. The van der Waals surface area contributed by atoms with Crippen molar-refractivity contribution in [3.05, 3.63) is 17.8 Å². The fourth-order valence-electron chi connectivity index (χ4n) is 2.64. The molecule has 2 aliphatic heterocycles. The molecule has 3 heterocycles. The van der Waals surface area contributed by atoms with Crippen LogP contribution in [0.5, 0.6) is 5.88 Å². The van der Waals surface area contributed by atoms with Crippen LogP contribution >= 0.6 is 0 Å². The van der Waals surface area contributed by atoms with E-state index in [-0.39, 0.29) is 5.91 Å². The van der Waals surface area contributed by atoms with Crippen LogP contribution in [0, 0.1) is 0 Å². The quantitative estimate of drug-likeness (QED) is 0.746. The first-order chi connectivity index (χ1) is 9.29. The lowest BCUT2D eigenvalue weighted by Gasteiger charge is -2.36. The molecule has 1 atom stereocenters. The number of ether oxygens (including phenoxy) is 1. The van der Waals surface area contributed by atoms with Gasteiger partial charge in [-0.25, -0.2) is 4.98 Å². The van der Waals surface area contributed by atoms with Crippen LogP contribution in [-0.4, -0.2) is 50.2 Å². The lowest BCUT2D eigenvalue weighted by Crippen LogP contribution is -2.51. The van der Waals surface area contributed by atoms with E-state index in [4.69, 9.17) is 4.74 Å². The van der Waals surface area contributed by atoms with Crippen molar-refractivity contribution in [2.24, 2.45) is 0 Å². The van der Waals surface area contributed by atoms with E-state index in [2.05, 4.69) is 20.5 Å². The second-order valence-electron chi connectivity index (χ2n) is 4.79. The molecule has 0 bridgehead atoms. The average molecular weight is 262 g/mol. The predicted molar refractivity (Wildman–Crippen MR) is 71.7 cm³/mol. The molecule has 6 nitrogen and oxygen atoms in total. The monoisotopic (exact) mass is 262 g/mol. The molecule has 0 aromatic carbocycles. The fraction of sp³-hybridized carbons (Fsp3) is 0.538. The van der Waals surface area contributed by atoms with Crippen molar-refractivity contribution in [1.29, 1.82) is 0 Å². The zero-order valence-electron chi connectivity index (χ0n) is 11.0. The number of carbonyl (C=O) groups is 1. The summed E-state index contributed by atoms with van der Waals surface area (Å²) >= 11 is 0. The first-order valence-corrected chi connectivity index (χ1v) is 6.63. The Morgan fingerprint density at radius 2 is 2.47 bits per heavy atom. The van der Waals surface area contributed by atoms with Gasteiger partial charge >= 0.3 is 0 Å². The number of piperazine rings is 1. The van der Waals surface area contributed by atoms with Gasteiger partial charge in [-0.2, -0.15) is 0 Å². The molecule has 0 aliphatic carbocycles. The maximum Gasteiger partial charge on any atom is 0.269 e. The summed E-state index contributed by atoms with van der Waals surface area (Å²) in [6, 6.07) is 4.14. The Balaban J connectivity index is 1.96. The average Bonchev–Trinajstić information content (AvgIpc) is 2.65. The van der Waals surface area contributed by atoms with Gasteiger partial charge in [-0.1, -0.05) is 0 Å². The minimum Gasteiger partial charge on any atom is -0.476 e. The number of aromatic nitrogens is 1. The molecular weight excluding hydrogens is 244 g/mol. The second-order valence-corrected chi connectivity index (χ2v) is 4.79. The van der Waals surface area contributed by atoms with Gasteiger partial charge in [-0.15, -0.1) is 0 Å². The third kappa shape index (κ3) is 2.23. The van der Waals surface area contributed by atoms with Gasteiger partial charge in [0.15, 0.2) is 0 Å². The number of amides is 1. The van der Waals surface area contributed by atoms with Crippen LogP contribution in [0.3, 0.4) is 0 Å². The highest BCUT2D eigenvalue weighted by Gasteiger charge is 2.28. The highest BCUT2D eigenvalue weighted by molar-refractivity contribution is 5.92. The molecular formula is C13H18N4O2. The van der Waals surface area contributed by atoms with Crippen LogP contribution in [0.15, 0.2) is 12.1 Å².